The largest absolute Gasteiger partial charge is 0.507 e. The van der Waals surface area contributed by atoms with Gasteiger partial charge >= 0.3 is 0 Å². The molecule has 10 heterocycles. The average molecular weight is 1460 g/mol. The molecule has 114 heavy (non-hydrogen) atoms. The summed E-state index contributed by atoms with van der Waals surface area (Å²) in [5, 5.41) is 23.0. The van der Waals surface area contributed by atoms with Crippen molar-refractivity contribution < 1.29 is 10.2 Å². The molecule has 10 aromatic carbocycles. The van der Waals surface area contributed by atoms with E-state index in [9.17, 15) is 10.2 Å². The number of benzene rings is 10. The van der Waals surface area contributed by atoms with Crippen LogP contribution in [0.25, 0.3) is 193 Å². The van der Waals surface area contributed by atoms with Crippen molar-refractivity contribution in [1.29, 1.82) is 0 Å². The Balaban J connectivity index is 0.637. The van der Waals surface area contributed by atoms with E-state index in [0.29, 0.717) is 22.3 Å². The molecular weight excluding hydrogens is 1390 g/mol. The highest BCUT2D eigenvalue weighted by molar-refractivity contribution is 6.03. The van der Waals surface area contributed by atoms with E-state index in [2.05, 4.69) is 311 Å². The summed E-state index contributed by atoms with van der Waals surface area (Å²) >= 11 is 0. The summed E-state index contributed by atoms with van der Waals surface area (Å²) in [6.07, 6.45) is 16.9. The number of nitrogens with one attached hydrogen (secondary N) is 4. The monoisotopic (exact) mass is 1460 g/mol. The highest BCUT2D eigenvalue weighted by atomic mass is 16.3. The Morgan fingerprint density at radius 2 is 0.360 bits per heavy atom. The van der Waals surface area contributed by atoms with Crippen LogP contribution in [-0.2, 0) is 0 Å². The summed E-state index contributed by atoms with van der Waals surface area (Å²) in [6, 6.07) is 107. The van der Waals surface area contributed by atoms with E-state index in [1.54, 1.807) is 36.4 Å². The van der Waals surface area contributed by atoms with Crippen molar-refractivity contribution in [3.8, 4) is 135 Å². The number of nitrogens with zero attached hydrogens (tertiary/aromatic N) is 4. The molecule has 4 aliphatic heterocycles. The lowest BCUT2D eigenvalue weighted by atomic mass is 9.98. The van der Waals surface area contributed by atoms with Crippen LogP contribution < -0.4 is 0 Å². The predicted molar refractivity (Wildman–Crippen MR) is 468 cm³/mol. The van der Waals surface area contributed by atoms with E-state index in [1.165, 1.54) is 0 Å². The molecule has 0 spiro atoms. The number of fused-ring (bicyclic) bond motifs is 16. The summed E-state index contributed by atoms with van der Waals surface area (Å²) in [5.74, 6) is 13.5. The summed E-state index contributed by atoms with van der Waals surface area (Å²) in [6.45, 7) is 0. The minimum Gasteiger partial charge on any atom is -0.507 e. The maximum atomic E-state index is 11.5. The van der Waals surface area contributed by atoms with E-state index < -0.39 is 0 Å². The molecule has 0 amide bonds. The standard InChI is InChI=1S/C104H66N8O2/c113-95-61-39-67(33-31-65-35-41-75(42-36-65)103-91-57-53-87(109-91)99(71-23-11-3-12-24-71)83-49-45-79(105-83)97(69-19-7-1-8-20-69)80-46-50-84(106-80)100(72-25-13-4-14-26-72)88-54-58-92(103)110-88)63-77(95)78-64-68(40-62-96(78)114)34-32-66-37-43-76(44-38-66)104-93-59-55-89(111-93)101(73-27-15-5-16-28-73)85-51-47-81(107-85)98(70-21-9-2-10-22-70)82-48-52-86(108-82)102(74-29-17-6-18-30-74)90-56-60-94(104)112-90/h1-30,35-64,105,107,110,112-114H. The van der Waals surface area contributed by atoms with Crippen molar-refractivity contribution in [2.75, 3.05) is 0 Å². The van der Waals surface area contributed by atoms with Gasteiger partial charge in [0, 0.05) is 122 Å². The Morgan fingerprint density at radius 1 is 0.184 bits per heavy atom. The minimum absolute atomic E-state index is 0.00784. The molecule has 0 atom stereocenters. The van der Waals surface area contributed by atoms with Crippen LogP contribution >= 0.6 is 0 Å². The smallest absolute Gasteiger partial charge is 0.123 e. The molecule has 6 aromatic heterocycles. The predicted octanol–water partition coefficient (Wildman–Crippen LogP) is 24.8. The second-order valence-electron chi connectivity index (χ2n) is 28.3. The van der Waals surface area contributed by atoms with E-state index in [-0.39, 0.29) is 11.5 Å². The Hall–Kier alpha value is -15.9. The van der Waals surface area contributed by atoms with Gasteiger partial charge in [0.05, 0.1) is 45.6 Å². The molecule has 0 aliphatic carbocycles. The molecule has 16 aromatic rings. The molecule has 0 fully saturated rings. The van der Waals surface area contributed by atoms with E-state index in [1.807, 2.05) is 60.7 Å². The van der Waals surface area contributed by atoms with Crippen LogP contribution in [0.15, 0.2) is 315 Å². The second-order valence-corrected chi connectivity index (χ2v) is 28.3. The van der Waals surface area contributed by atoms with Crippen LogP contribution in [0.4, 0.5) is 0 Å². The van der Waals surface area contributed by atoms with E-state index in [0.717, 1.165) is 190 Å². The minimum atomic E-state index is -0.00784. The number of aromatic hydroxyl groups is 2. The van der Waals surface area contributed by atoms with Crippen molar-refractivity contribution in [3.05, 3.63) is 383 Å². The highest BCUT2D eigenvalue weighted by Gasteiger charge is 2.23. The highest BCUT2D eigenvalue weighted by Crippen LogP contribution is 2.43. The topological polar surface area (TPSA) is 155 Å². The molecule has 10 heteroatoms. The number of phenols is 2. The summed E-state index contributed by atoms with van der Waals surface area (Å²) < 4.78 is 0. The van der Waals surface area contributed by atoms with Crippen molar-refractivity contribution in [2.24, 2.45) is 0 Å². The third-order valence-electron chi connectivity index (χ3n) is 21.2. The first-order chi connectivity index (χ1) is 56.3. The van der Waals surface area contributed by atoms with Gasteiger partial charge in [-0.05, 0) is 202 Å². The van der Waals surface area contributed by atoms with E-state index in [4.69, 9.17) is 19.9 Å². The molecule has 0 unspecified atom stereocenters. The van der Waals surface area contributed by atoms with Gasteiger partial charge in [-0.2, -0.15) is 0 Å². The van der Waals surface area contributed by atoms with Gasteiger partial charge in [-0.1, -0.05) is 230 Å². The van der Waals surface area contributed by atoms with Crippen LogP contribution in [0, 0.1) is 23.7 Å². The van der Waals surface area contributed by atoms with Crippen LogP contribution in [0.2, 0.25) is 0 Å². The lowest BCUT2D eigenvalue weighted by molar-refractivity contribution is 0.469. The molecule has 0 saturated heterocycles. The molecule has 16 bridgehead atoms. The fourth-order valence-corrected chi connectivity index (χ4v) is 15.9. The quantitative estimate of drug-likeness (QED) is 0.0791. The first kappa shape index (κ1) is 67.5. The van der Waals surface area contributed by atoms with Gasteiger partial charge in [0.1, 0.15) is 11.5 Å². The van der Waals surface area contributed by atoms with Crippen molar-refractivity contribution in [1.82, 2.24) is 39.9 Å². The molecule has 0 radical (unpaired) electrons. The van der Waals surface area contributed by atoms with Crippen LogP contribution in [0.5, 0.6) is 11.5 Å². The van der Waals surface area contributed by atoms with Gasteiger partial charge in [-0.25, -0.2) is 19.9 Å². The Kier molecular flexibility index (Phi) is 17.1. The maximum Gasteiger partial charge on any atom is 0.123 e. The van der Waals surface area contributed by atoms with Crippen LogP contribution in [0.3, 0.4) is 0 Å². The summed E-state index contributed by atoms with van der Waals surface area (Å²) in [7, 11) is 0. The number of aromatic nitrogens is 8. The normalized spacial score (nSPS) is 11.8. The molecule has 6 N–H and O–H groups in total. The number of hydrogen-bond acceptors (Lipinski definition) is 6. The van der Waals surface area contributed by atoms with Gasteiger partial charge in [0.25, 0.3) is 0 Å². The Labute approximate surface area is 657 Å². The zero-order valence-electron chi connectivity index (χ0n) is 61.3. The first-order valence-electron chi connectivity index (χ1n) is 37.9. The summed E-state index contributed by atoms with van der Waals surface area (Å²) in [5.41, 5.74) is 33.4. The SMILES string of the molecule is Oc1ccc(C#Cc2ccc(-c3c4nc(c(-c5ccccc5)c5ccc([nH]5)c(-c5ccccc5)c5nc(c(-c6ccccc6)c6ccc3[nH]6)C=C5)C=C4)cc2)cc1-c1cc(C#Cc2ccc(-c3c4nc(c(-c5ccccc5)c5ccc([nH]5)c(-c5ccccc5)c5nc(c(-c6ccccc6)c6ccc3[nH]6)C=C5)C=C4)cc2)ccc1O. The van der Waals surface area contributed by atoms with Gasteiger partial charge < -0.3 is 30.1 Å². The fraction of sp³-hybridized carbons (Fsp3) is 0. The second kappa shape index (κ2) is 28.9. The summed E-state index contributed by atoms with van der Waals surface area (Å²) in [4.78, 5) is 37.3. The number of phenolic OH excluding ortho intramolecular Hbond substituents is 2. The van der Waals surface area contributed by atoms with E-state index >= 15 is 0 Å². The lowest BCUT2D eigenvalue weighted by Crippen LogP contribution is -1.90. The zero-order chi connectivity index (χ0) is 76.0. The Morgan fingerprint density at radius 3 is 0.561 bits per heavy atom. The fourth-order valence-electron chi connectivity index (χ4n) is 15.9. The first-order valence-corrected chi connectivity index (χ1v) is 37.9. The number of aromatic amines is 4. The molecule has 534 valence electrons. The average Bonchev–Trinajstić information content (AvgIpc) is 1.62. The van der Waals surface area contributed by atoms with Gasteiger partial charge in [-0.15, -0.1) is 0 Å². The van der Waals surface area contributed by atoms with Crippen molar-refractivity contribution in [3.63, 3.8) is 0 Å². The van der Waals surface area contributed by atoms with Gasteiger partial charge in [0.15, 0.2) is 0 Å². The zero-order valence-corrected chi connectivity index (χ0v) is 61.3. The third kappa shape index (κ3) is 12.9. The number of hydrogen-bond donors (Lipinski definition) is 6. The molecule has 10 nitrogen and oxygen atoms in total. The van der Waals surface area contributed by atoms with Gasteiger partial charge in [-0.3, -0.25) is 0 Å². The van der Waals surface area contributed by atoms with Crippen molar-refractivity contribution in [2.45, 2.75) is 0 Å². The third-order valence-corrected chi connectivity index (χ3v) is 21.2. The van der Waals surface area contributed by atoms with Crippen molar-refractivity contribution >= 4 is 92.7 Å². The molecular formula is C104H66N8O2. The van der Waals surface area contributed by atoms with Crippen LogP contribution in [-0.4, -0.2) is 50.1 Å². The van der Waals surface area contributed by atoms with Crippen LogP contribution in [0.1, 0.15) is 67.8 Å². The Bertz CT molecular complexity index is 6680. The van der Waals surface area contributed by atoms with Gasteiger partial charge in [0.2, 0.25) is 0 Å². The number of H-pyrrole nitrogens is 4. The number of rotatable bonds is 9. The molecule has 20 rings (SSSR count). The molecule has 4 aliphatic rings. The maximum absolute atomic E-state index is 11.5. The lowest BCUT2D eigenvalue weighted by Gasteiger charge is -2.09. The molecule has 0 saturated carbocycles.